The first-order chi connectivity index (χ1) is 6.59. The fourth-order valence-corrected chi connectivity index (χ4v) is 1.93. The van der Waals surface area contributed by atoms with Crippen molar-refractivity contribution in [2.75, 3.05) is 26.2 Å². The van der Waals surface area contributed by atoms with Crippen molar-refractivity contribution < 1.29 is 5.11 Å². The predicted molar refractivity (Wildman–Crippen MR) is 59.4 cm³/mol. The summed E-state index contributed by atoms with van der Waals surface area (Å²) in [6.45, 7) is 10.7. The van der Waals surface area contributed by atoms with E-state index in [-0.39, 0.29) is 6.10 Å². The van der Waals surface area contributed by atoms with Gasteiger partial charge in [-0.2, -0.15) is 0 Å². The third kappa shape index (κ3) is 3.95. The Hall–Kier alpha value is -0.120. The van der Waals surface area contributed by atoms with E-state index in [1.807, 2.05) is 0 Å². The van der Waals surface area contributed by atoms with Gasteiger partial charge in [0.15, 0.2) is 0 Å². The summed E-state index contributed by atoms with van der Waals surface area (Å²) in [5, 5.41) is 13.0. The van der Waals surface area contributed by atoms with E-state index in [9.17, 15) is 5.11 Å². The van der Waals surface area contributed by atoms with Gasteiger partial charge in [0.1, 0.15) is 0 Å². The molecule has 0 aromatic rings. The van der Waals surface area contributed by atoms with Crippen LogP contribution in [-0.4, -0.2) is 48.3 Å². The standard InChI is InChI=1S/C11H24N2O/c1-9(2)12-5-7-13-6-4-11(14)10(3)8-13/h9-12,14H,4-8H2,1-3H3. The summed E-state index contributed by atoms with van der Waals surface area (Å²) in [5.41, 5.74) is 0. The lowest BCUT2D eigenvalue weighted by Crippen LogP contribution is -2.44. The highest BCUT2D eigenvalue weighted by Gasteiger charge is 2.23. The van der Waals surface area contributed by atoms with Gasteiger partial charge >= 0.3 is 0 Å². The van der Waals surface area contributed by atoms with Crippen LogP contribution in [0.5, 0.6) is 0 Å². The first kappa shape index (κ1) is 12.0. The monoisotopic (exact) mass is 200 g/mol. The van der Waals surface area contributed by atoms with Crippen molar-refractivity contribution in [1.29, 1.82) is 0 Å². The minimum absolute atomic E-state index is 0.0793. The Balaban J connectivity index is 2.13. The molecule has 0 spiro atoms. The van der Waals surface area contributed by atoms with E-state index >= 15 is 0 Å². The van der Waals surface area contributed by atoms with Crippen molar-refractivity contribution in [2.45, 2.75) is 39.3 Å². The molecule has 0 radical (unpaired) electrons. The van der Waals surface area contributed by atoms with Gasteiger partial charge in [-0.25, -0.2) is 0 Å². The van der Waals surface area contributed by atoms with Crippen molar-refractivity contribution in [3.63, 3.8) is 0 Å². The first-order valence-electron chi connectivity index (χ1n) is 5.73. The second-order valence-electron chi connectivity index (χ2n) is 4.74. The maximum Gasteiger partial charge on any atom is 0.0590 e. The maximum absolute atomic E-state index is 9.57. The van der Waals surface area contributed by atoms with Gasteiger partial charge in [-0.05, 0) is 12.3 Å². The van der Waals surface area contributed by atoms with E-state index in [0.29, 0.717) is 12.0 Å². The molecule has 1 fully saturated rings. The lowest BCUT2D eigenvalue weighted by molar-refractivity contribution is 0.0354. The summed E-state index contributed by atoms with van der Waals surface area (Å²) in [6, 6.07) is 0.572. The third-order valence-corrected chi connectivity index (χ3v) is 2.92. The highest BCUT2D eigenvalue weighted by atomic mass is 16.3. The molecule has 0 aliphatic carbocycles. The molecule has 2 unspecified atom stereocenters. The molecular weight excluding hydrogens is 176 g/mol. The van der Waals surface area contributed by atoms with Crippen LogP contribution in [0.1, 0.15) is 27.2 Å². The zero-order chi connectivity index (χ0) is 10.6. The molecule has 2 N–H and O–H groups in total. The van der Waals surface area contributed by atoms with Crippen molar-refractivity contribution >= 4 is 0 Å². The lowest BCUT2D eigenvalue weighted by Gasteiger charge is -2.34. The number of hydrogen-bond donors (Lipinski definition) is 2. The van der Waals surface area contributed by atoms with E-state index in [0.717, 1.165) is 32.6 Å². The minimum atomic E-state index is -0.0793. The number of hydrogen-bond acceptors (Lipinski definition) is 3. The van der Waals surface area contributed by atoms with E-state index in [2.05, 4.69) is 31.0 Å². The molecule has 14 heavy (non-hydrogen) atoms. The summed E-state index contributed by atoms with van der Waals surface area (Å²) in [5.74, 6) is 0.433. The van der Waals surface area contributed by atoms with Crippen LogP contribution >= 0.6 is 0 Å². The molecule has 1 aliphatic heterocycles. The van der Waals surface area contributed by atoms with Gasteiger partial charge in [-0.15, -0.1) is 0 Å². The Bertz CT molecular complexity index is 161. The van der Waals surface area contributed by atoms with Gasteiger partial charge in [0, 0.05) is 32.2 Å². The van der Waals surface area contributed by atoms with Gasteiger partial charge in [0.2, 0.25) is 0 Å². The number of nitrogens with zero attached hydrogens (tertiary/aromatic N) is 1. The Labute approximate surface area is 87.5 Å². The average molecular weight is 200 g/mol. The molecule has 1 rings (SSSR count). The summed E-state index contributed by atoms with van der Waals surface area (Å²) < 4.78 is 0. The van der Waals surface area contributed by atoms with Crippen LogP contribution in [-0.2, 0) is 0 Å². The molecule has 1 heterocycles. The predicted octanol–water partition coefficient (Wildman–Crippen LogP) is 0.687. The smallest absolute Gasteiger partial charge is 0.0590 e. The van der Waals surface area contributed by atoms with Crippen LogP contribution in [0, 0.1) is 5.92 Å². The molecule has 84 valence electrons. The highest BCUT2D eigenvalue weighted by Crippen LogP contribution is 2.15. The number of rotatable bonds is 4. The van der Waals surface area contributed by atoms with Crippen molar-refractivity contribution in [3.05, 3.63) is 0 Å². The summed E-state index contributed by atoms with van der Waals surface area (Å²) >= 11 is 0. The van der Waals surface area contributed by atoms with Gasteiger partial charge in [-0.3, -0.25) is 0 Å². The molecule has 0 amide bonds. The Morgan fingerprint density at radius 2 is 2.21 bits per heavy atom. The lowest BCUT2D eigenvalue weighted by atomic mass is 9.97. The number of aliphatic hydroxyl groups excluding tert-OH is 1. The van der Waals surface area contributed by atoms with Crippen LogP contribution < -0.4 is 5.32 Å². The summed E-state index contributed by atoms with van der Waals surface area (Å²) in [6.07, 6.45) is 0.854. The Kier molecular flexibility index (Phi) is 4.85. The van der Waals surface area contributed by atoms with Crippen LogP contribution in [0.2, 0.25) is 0 Å². The molecular formula is C11H24N2O. The summed E-state index contributed by atoms with van der Waals surface area (Å²) in [7, 11) is 0. The quantitative estimate of drug-likeness (QED) is 0.701. The van der Waals surface area contributed by atoms with E-state index in [4.69, 9.17) is 0 Å². The van der Waals surface area contributed by atoms with E-state index in [1.165, 1.54) is 0 Å². The molecule has 1 saturated heterocycles. The molecule has 0 aromatic heterocycles. The highest BCUT2D eigenvalue weighted by molar-refractivity contribution is 4.77. The molecule has 3 heteroatoms. The van der Waals surface area contributed by atoms with Gasteiger partial charge in [0.05, 0.1) is 6.10 Å². The van der Waals surface area contributed by atoms with Crippen LogP contribution in [0.3, 0.4) is 0 Å². The Morgan fingerprint density at radius 1 is 1.50 bits per heavy atom. The number of nitrogens with one attached hydrogen (secondary N) is 1. The second-order valence-corrected chi connectivity index (χ2v) is 4.74. The molecule has 1 aliphatic rings. The Morgan fingerprint density at radius 3 is 2.79 bits per heavy atom. The number of piperidine rings is 1. The average Bonchev–Trinajstić information content (AvgIpc) is 2.10. The van der Waals surface area contributed by atoms with E-state index in [1.54, 1.807) is 0 Å². The zero-order valence-corrected chi connectivity index (χ0v) is 9.66. The van der Waals surface area contributed by atoms with Gasteiger partial charge in [-0.1, -0.05) is 20.8 Å². The third-order valence-electron chi connectivity index (χ3n) is 2.92. The van der Waals surface area contributed by atoms with Gasteiger partial charge in [0.25, 0.3) is 0 Å². The number of aliphatic hydroxyl groups is 1. The van der Waals surface area contributed by atoms with E-state index < -0.39 is 0 Å². The normalized spacial score (nSPS) is 29.8. The zero-order valence-electron chi connectivity index (χ0n) is 9.66. The first-order valence-corrected chi connectivity index (χ1v) is 5.73. The molecule has 0 bridgehead atoms. The topological polar surface area (TPSA) is 35.5 Å². The molecule has 0 aromatic carbocycles. The maximum atomic E-state index is 9.57. The van der Waals surface area contributed by atoms with Crippen LogP contribution in [0.15, 0.2) is 0 Å². The minimum Gasteiger partial charge on any atom is -0.393 e. The van der Waals surface area contributed by atoms with Crippen molar-refractivity contribution in [3.8, 4) is 0 Å². The summed E-state index contributed by atoms with van der Waals surface area (Å²) in [4.78, 5) is 2.44. The fourth-order valence-electron chi connectivity index (χ4n) is 1.93. The van der Waals surface area contributed by atoms with Crippen LogP contribution in [0.4, 0.5) is 0 Å². The SMILES string of the molecule is CC(C)NCCN1CCC(O)C(C)C1. The number of likely N-dealkylation sites (tertiary alicyclic amines) is 1. The van der Waals surface area contributed by atoms with Gasteiger partial charge < -0.3 is 15.3 Å². The second kappa shape index (κ2) is 5.69. The van der Waals surface area contributed by atoms with Crippen molar-refractivity contribution in [2.24, 2.45) is 5.92 Å². The largest absolute Gasteiger partial charge is 0.393 e. The molecule has 3 nitrogen and oxygen atoms in total. The molecule has 0 saturated carbocycles. The fraction of sp³-hybridized carbons (Fsp3) is 1.00. The van der Waals surface area contributed by atoms with Crippen LogP contribution in [0.25, 0.3) is 0 Å². The van der Waals surface area contributed by atoms with Crippen molar-refractivity contribution in [1.82, 2.24) is 10.2 Å². The molecule has 2 atom stereocenters.